The van der Waals surface area contributed by atoms with Gasteiger partial charge in [-0.25, -0.2) is 0 Å². The van der Waals surface area contributed by atoms with Gasteiger partial charge in [-0.05, 0) is 40.3 Å². The Morgan fingerprint density at radius 2 is 1.67 bits per heavy atom. The molecule has 0 radical (unpaired) electrons. The number of hydrogen-bond acceptors (Lipinski definition) is 1. The second kappa shape index (κ2) is 4.86. The third kappa shape index (κ3) is 2.78. The zero-order chi connectivity index (χ0) is 9.78. The van der Waals surface area contributed by atoms with E-state index >= 15 is 0 Å². The third-order valence-corrected chi connectivity index (χ3v) is 3.28. The molecule has 0 bridgehead atoms. The molecule has 0 heterocycles. The monoisotopic (exact) mass is 171 g/mol. The smallest absolute Gasteiger partial charge is 0.0175 e. The van der Waals surface area contributed by atoms with Crippen LogP contribution in [0.5, 0.6) is 0 Å². The molecule has 0 aliphatic carbocycles. The lowest BCUT2D eigenvalue weighted by Crippen LogP contribution is -2.44. The van der Waals surface area contributed by atoms with Gasteiger partial charge in [0.15, 0.2) is 0 Å². The Morgan fingerprint density at radius 3 is 1.92 bits per heavy atom. The minimum absolute atomic E-state index is 0.352. The van der Waals surface area contributed by atoms with Crippen LogP contribution in [0.4, 0.5) is 0 Å². The van der Waals surface area contributed by atoms with Crippen LogP contribution in [0.25, 0.3) is 0 Å². The van der Waals surface area contributed by atoms with Crippen molar-refractivity contribution in [2.75, 3.05) is 14.1 Å². The van der Waals surface area contributed by atoms with E-state index in [1.54, 1.807) is 0 Å². The largest absolute Gasteiger partial charge is 0.304 e. The normalized spacial score (nSPS) is 15.2. The van der Waals surface area contributed by atoms with E-state index in [0.717, 1.165) is 5.92 Å². The maximum Gasteiger partial charge on any atom is 0.0175 e. The predicted octanol–water partition coefficient (Wildman–Crippen LogP) is 3.15. The first-order valence-electron chi connectivity index (χ1n) is 5.14. The molecule has 1 unspecified atom stereocenters. The average molecular weight is 171 g/mol. The van der Waals surface area contributed by atoms with Gasteiger partial charge in [0, 0.05) is 5.54 Å². The van der Waals surface area contributed by atoms with Crippen LogP contribution in [0.15, 0.2) is 0 Å². The molecular formula is C11H25N. The van der Waals surface area contributed by atoms with Crippen molar-refractivity contribution in [1.29, 1.82) is 0 Å². The molecule has 0 saturated heterocycles. The van der Waals surface area contributed by atoms with E-state index in [-0.39, 0.29) is 0 Å². The van der Waals surface area contributed by atoms with Gasteiger partial charge in [-0.3, -0.25) is 0 Å². The highest BCUT2D eigenvalue weighted by atomic mass is 15.1. The van der Waals surface area contributed by atoms with Crippen molar-refractivity contribution in [3.8, 4) is 0 Å². The second-order valence-corrected chi connectivity index (χ2v) is 4.44. The lowest BCUT2D eigenvalue weighted by atomic mass is 9.81. The van der Waals surface area contributed by atoms with Gasteiger partial charge in [0.25, 0.3) is 0 Å². The van der Waals surface area contributed by atoms with Crippen LogP contribution in [-0.4, -0.2) is 24.5 Å². The van der Waals surface area contributed by atoms with Crippen LogP contribution in [0.1, 0.15) is 47.0 Å². The van der Waals surface area contributed by atoms with Gasteiger partial charge in [0.1, 0.15) is 0 Å². The van der Waals surface area contributed by atoms with Crippen molar-refractivity contribution in [3.63, 3.8) is 0 Å². The Labute approximate surface area is 78.1 Å². The summed E-state index contributed by atoms with van der Waals surface area (Å²) in [5.41, 5.74) is 0.352. The molecule has 0 aromatic rings. The van der Waals surface area contributed by atoms with Gasteiger partial charge in [0.2, 0.25) is 0 Å². The SMILES string of the molecule is CCCC(CC)C(C)(C)N(C)C. The zero-order valence-electron chi connectivity index (χ0n) is 9.65. The number of hydrogen-bond donors (Lipinski definition) is 0. The average Bonchev–Trinajstić information content (AvgIpc) is 1.99. The standard InChI is InChI=1S/C11H25N/c1-7-9-10(8-2)11(3,4)12(5)6/h10H,7-9H2,1-6H3. The molecule has 0 aliphatic heterocycles. The molecule has 0 rings (SSSR count). The van der Waals surface area contributed by atoms with Crippen LogP contribution in [0.3, 0.4) is 0 Å². The highest BCUT2D eigenvalue weighted by Crippen LogP contribution is 2.28. The zero-order valence-corrected chi connectivity index (χ0v) is 9.65. The van der Waals surface area contributed by atoms with E-state index in [9.17, 15) is 0 Å². The molecule has 0 aromatic carbocycles. The fraction of sp³-hybridized carbons (Fsp3) is 1.00. The Morgan fingerprint density at radius 1 is 1.17 bits per heavy atom. The van der Waals surface area contributed by atoms with Crippen molar-refractivity contribution >= 4 is 0 Å². The van der Waals surface area contributed by atoms with Gasteiger partial charge in [0.05, 0.1) is 0 Å². The Kier molecular flexibility index (Phi) is 4.84. The first-order valence-corrected chi connectivity index (χ1v) is 5.14. The van der Waals surface area contributed by atoms with E-state index in [0.29, 0.717) is 5.54 Å². The minimum Gasteiger partial charge on any atom is -0.304 e. The van der Waals surface area contributed by atoms with Crippen LogP contribution >= 0.6 is 0 Å². The summed E-state index contributed by atoms with van der Waals surface area (Å²) in [4.78, 5) is 2.34. The number of rotatable bonds is 5. The minimum atomic E-state index is 0.352. The van der Waals surface area contributed by atoms with E-state index in [2.05, 4.69) is 46.7 Å². The summed E-state index contributed by atoms with van der Waals surface area (Å²) in [5.74, 6) is 0.831. The van der Waals surface area contributed by atoms with Crippen molar-refractivity contribution in [3.05, 3.63) is 0 Å². The summed E-state index contributed by atoms with van der Waals surface area (Å²) in [5, 5.41) is 0. The van der Waals surface area contributed by atoms with Crippen LogP contribution < -0.4 is 0 Å². The van der Waals surface area contributed by atoms with Crippen molar-refractivity contribution in [1.82, 2.24) is 4.90 Å². The summed E-state index contributed by atoms with van der Waals surface area (Å²) in [6.07, 6.45) is 3.94. The highest BCUT2D eigenvalue weighted by molar-refractivity contribution is 4.84. The molecule has 1 atom stereocenters. The summed E-state index contributed by atoms with van der Waals surface area (Å²) < 4.78 is 0. The summed E-state index contributed by atoms with van der Waals surface area (Å²) >= 11 is 0. The molecule has 0 N–H and O–H groups in total. The molecule has 0 saturated carbocycles. The highest BCUT2D eigenvalue weighted by Gasteiger charge is 2.28. The molecule has 0 spiro atoms. The lowest BCUT2D eigenvalue weighted by molar-refractivity contribution is 0.106. The summed E-state index contributed by atoms with van der Waals surface area (Å²) in [7, 11) is 4.36. The molecule has 0 amide bonds. The summed E-state index contributed by atoms with van der Waals surface area (Å²) in [6.45, 7) is 9.26. The first-order chi connectivity index (χ1) is 5.46. The van der Waals surface area contributed by atoms with Gasteiger partial charge in [-0.1, -0.05) is 26.7 Å². The van der Waals surface area contributed by atoms with E-state index in [1.165, 1.54) is 19.3 Å². The Balaban J connectivity index is 4.25. The Hall–Kier alpha value is -0.0400. The molecule has 1 heteroatoms. The van der Waals surface area contributed by atoms with Crippen LogP contribution in [0, 0.1) is 5.92 Å². The summed E-state index contributed by atoms with van der Waals surface area (Å²) in [6, 6.07) is 0. The number of nitrogens with zero attached hydrogens (tertiary/aromatic N) is 1. The molecule has 0 aromatic heterocycles. The van der Waals surface area contributed by atoms with Crippen molar-refractivity contribution in [2.24, 2.45) is 5.92 Å². The van der Waals surface area contributed by atoms with E-state index in [4.69, 9.17) is 0 Å². The van der Waals surface area contributed by atoms with Gasteiger partial charge < -0.3 is 4.90 Å². The third-order valence-electron chi connectivity index (χ3n) is 3.28. The fourth-order valence-corrected chi connectivity index (χ4v) is 1.77. The quantitative estimate of drug-likeness (QED) is 0.614. The maximum absolute atomic E-state index is 2.34. The Bertz CT molecular complexity index is 116. The van der Waals surface area contributed by atoms with Crippen molar-refractivity contribution in [2.45, 2.75) is 52.5 Å². The molecule has 74 valence electrons. The topological polar surface area (TPSA) is 3.24 Å². The van der Waals surface area contributed by atoms with Crippen LogP contribution in [0.2, 0.25) is 0 Å². The van der Waals surface area contributed by atoms with Gasteiger partial charge in [-0.2, -0.15) is 0 Å². The molecule has 1 nitrogen and oxygen atoms in total. The van der Waals surface area contributed by atoms with Crippen molar-refractivity contribution < 1.29 is 0 Å². The van der Waals surface area contributed by atoms with Gasteiger partial charge in [-0.15, -0.1) is 0 Å². The lowest BCUT2D eigenvalue weighted by Gasteiger charge is -2.40. The fourth-order valence-electron chi connectivity index (χ4n) is 1.77. The van der Waals surface area contributed by atoms with E-state index in [1.807, 2.05) is 0 Å². The van der Waals surface area contributed by atoms with Gasteiger partial charge >= 0.3 is 0 Å². The van der Waals surface area contributed by atoms with Crippen LogP contribution in [-0.2, 0) is 0 Å². The molecular weight excluding hydrogens is 146 g/mol. The molecule has 0 aliphatic rings. The maximum atomic E-state index is 2.34. The van der Waals surface area contributed by atoms with E-state index < -0.39 is 0 Å². The predicted molar refractivity (Wildman–Crippen MR) is 56.5 cm³/mol. The molecule has 12 heavy (non-hydrogen) atoms. The first kappa shape index (κ1) is 12.0. The molecule has 0 fully saturated rings. The second-order valence-electron chi connectivity index (χ2n) is 4.44.